The summed E-state index contributed by atoms with van der Waals surface area (Å²) in [7, 11) is -4.16. The van der Waals surface area contributed by atoms with E-state index in [1.807, 2.05) is 30.3 Å². The molecule has 0 aliphatic carbocycles. The summed E-state index contributed by atoms with van der Waals surface area (Å²) < 4.78 is 31.7. The second-order valence-electron chi connectivity index (χ2n) is 6.01. The largest absolute Gasteiger partial charge is 0.488 e. The summed E-state index contributed by atoms with van der Waals surface area (Å²) in [5.74, 6) is 0.455. The number of allylic oxidation sites excluding steroid dienone is 1. The minimum absolute atomic E-state index is 0.0100. The normalized spacial score (nSPS) is 11.7. The van der Waals surface area contributed by atoms with Gasteiger partial charge in [0.05, 0.1) is 9.92 Å². The van der Waals surface area contributed by atoms with E-state index in [0.717, 1.165) is 5.56 Å². The minimum Gasteiger partial charge on any atom is -0.488 e. The minimum atomic E-state index is -4.16. The fourth-order valence-electron chi connectivity index (χ4n) is 2.58. The molecule has 0 fully saturated rings. The quantitative estimate of drug-likeness (QED) is 0.444. The third-order valence-electron chi connectivity index (χ3n) is 4.03. The molecule has 0 saturated heterocycles. The Kier molecular flexibility index (Phi) is 6.60. The van der Waals surface area contributed by atoms with Gasteiger partial charge in [0, 0.05) is 10.6 Å². The molecule has 4 nitrogen and oxygen atoms in total. The first-order valence-corrected chi connectivity index (χ1v) is 10.7. The van der Waals surface area contributed by atoms with Crippen LogP contribution in [0.1, 0.15) is 11.1 Å². The average Bonchev–Trinajstić information content (AvgIpc) is 2.73. The second kappa shape index (κ2) is 9.15. The van der Waals surface area contributed by atoms with Crippen molar-refractivity contribution in [3.63, 3.8) is 0 Å². The highest BCUT2D eigenvalue weighted by Gasteiger charge is 2.24. The van der Waals surface area contributed by atoms with E-state index < -0.39 is 14.7 Å². The van der Waals surface area contributed by atoms with Crippen LogP contribution in [0.4, 0.5) is 0 Å². The molecule has 146 valence electrons. The van der Waals surface area contributed by atoms with E-state index in [-0.39, 0.29) is 14.9 Å². The van der Waals surface area contributed by atoms with E-state index in [9.17, 15) is 13.7 Å². The van der Waals surface area contributed by atoms with Crippen LogP contribution in [0.15, 0.2) is 82.6 Å². The van der Waals surface area contributed by atoms with Crippen LogP contribution in [0.3, 0.4) is 0 Å². The van der Waals surface area contributed by atoms with Crippen molar-refractivity contribution >= 4 is 39.1 Å². The Morgan fingerprint density at radius 2 is 1.69 bits per heavy atom. The van der Waals surface area contributed by atoms with Gasteiger partial charge in [-0.05, 0) is 35.9 Å². The number of rotatable bonds is 6. The van der Waals surface area contributed by atoms with Gasteiger partial charge in [-0.15, -0.1) is 0 Å². The molecule has 0 amide bonds. The average molecular weight is 444 g/mol. The van der Waals surface area contributed by atoms with Crippen molar-refractivity contribution in [2.24, 2.45) is 0 Å². The first-order chi connectivity index (χ1) is 13.9. The van der Waals surface area contributed by atoms with Crippen molar-refractivity contribution in [1.29, 1.82) is 5.26 Å². The van der Waals surface area contributed by atoms with E-state index in [1.54, 1.807) is 30.3 Å². The molecule has 3 aromatic rings. The maximum atomic E-state index is 13.0. The monoisotopic (exact) mass is 443 g/mol. The van der Waals surface area contributed by atoms with Gasteiger partial charge in [0.1, 0.15) is 23.3 Å². The Bertz CT molecular complexity index is 1200. The van der Waals surface area contributed by atoms with Gasteiger partial charge in [-0.1, -0.05) is 71.7 Å². The molecule has 3 aromatic carbocycles. The molecule has 0 aliphatic heterocycles. The molecule has 7 heteroatoms. The fourth-order valence-corrected chi connectivity index (χ4v) is 4.48. The van der Waals surface area contributed by atoms with Gasteiger partial charge in [-0.2, -0.15) is 5.26 Å². The predicted molar refractivity (Wildman–Crippen MR) is 114 cm³/mol. The van der Waals surface area contributed by atoms with E-state index in [4.69, 9.17) is 27.9 Å². The molecular formula is C22H15Cl2NO3S. The fraction of sp³-hybridized carbons (Fsp3) is 0.0455. The highest BCUT2D eigenvalue weighted by Crippen LogP contribution is 2.31. The Balaban J connectivity index is 1.97. The van der Waals surface area contributed by atoms with Crippen molar-refractivity contribution in [3.8, 4) is 11.8 Å². The molecule has 0 bridgehead atoms. The Hall–Kier alpha value is -2.78. The summed E-state index contributed by atoms with van der Waals surface area (Å²) in [6.45, 7) is 0.306. The van der Waals surface area contributed by atoms with Gasteiger partial charge in [0.15, 0.2) is 0 Å². The molecule has 0 heterocycles. The van der Waals surface area contributed by atoms with Crippen LogP contribution in [0.25, 0.3) is 6.08 Å². The number of hydrogen-bond acceptors (Lipinski definition) is 4. The summed E-state index contributed by atoms with van der Waals surface area (Å²) >= 11 is 11.9. The Morgan fingerprint density at radius 1 is 1.00 bits per heavy atom. The Morgan fingerprint density at radius 3 is 2.41 bits per heavy atom. The third kappa shape index (κ3) is 4.99. The number of halogens is 2. The number of sulfone groups is 1. The standard InChI is InChI=1S/C22H15Cl2NO3S/c23-18-10-11-20(24)22(13-18)29(26,27)19(14-25)12-17-8-4-5-9-21(17)28-15-16-6-2-1-3-7-16/h1-13H,15H2. The molecule has 0 atom stereocenters. The highest BCUT2D eigenvalue weighted by molar-refractivity contribution is 7.95. The second-order valence-corrected chi connectivity index (χ2v) is 8.74. The van der Waals surface area contributed by atoms with Gasteiger partial charge in [-0.3, -0.25) is 0 Å². The van der Waals surface area contributed by atoms with E-state index in [1.165, 1.54) is 24.3 Å². The third-order valence-corrected chi connectivity index (χ3v) is 6.41. The van der Waals surface area contributed by atoms with Crippen molar-refractivity contribution in [1.82, 2.24) is 0 Å². The molecular weight excluding hydrogens is 429 g/mol. The van der Waals surface area contributed by atoms with E-state index >= 15 is 0 Å². The zero-order valence-electron chi connectivity index (χ0n) is 15.0. The van der Waals surface area contributed by atoms with Gasteiger partial charge >= 0.3 is 0 Å². The van der Waals surface area contributed by atoms with Crippen LogP contribution in [-0.4, -0.2) is 8.42 Å². The summed E-state index contributed by atoms with van der Waals surface area (Å²) in [4.78, 5) is -0.681. The number of nitriles is 1. The number of hydrogen-bond donors (Lipinski definition) is 0. The number of para-hydroxylation sites is 1. The van der Waals surface area contributed by atoms with E-state index in [0.29, 0.717) is 17.9 Å². The van der Waals surface area contributed by atoms with Crippen molar-refractivity contribution in [2.75, 3.05) is 0 Å². The number of ether oxygens (including phenoxy) is 1. The maximum Gasteiger partial charge on any atom is 0.218 e. The summed E-state index contributed by atoms with van der Waals surface area (Å²) in [6.07, 6.45) is 1.27. The Labute approximate surface area is 179 Å². The van der Waals surface area contributed by atoms with Gasteiger partial charge in [-0.25, -0.2) is 8.42 Å². The summed E-state index contributed by atoms with van der Waals surface area (Å²) in [5, 5.41) is 9.72. The van der Waals surface area contributed by atoms with Crippen molar-refractivity contribution in [2.45, 2.75) is 11.5 Å². The molecule has 0 radical (unpaired) electrons. The molecule has 0 aromatic heterocycles. The van der Waals surface area contributed by atoms with Crippen molar-refractivity contribution < 1.29 is 13.2 Å². The topological polar surface area (TPSA) is 67.2 Å². The lowest BCUT2D eigenvalue weighted by atomic mass is 10.2. The zero-order valence-corrected chi connectivity index (χ0v) is 17.4. The summed E-state index contributed by atoms with van der Waals surface area (Å²) in [5.41, 5.74) is 1.42. The van der Waals surface area contributed by atoms with Crippen LogP contribution < -0.4 is 4.74 Å². The number of nitrogens with zero attached hydrogens (tertiary/aromatic N) is 1. The summed E-state index contributed by atoms with van der Waals surface area (Å²) in [6, 6.07) is 22.3. The molecule has 3 rings (SSSR count). The van der Waals surface area contributed by atoms with E-state index in [2.05, 4.69) is 0 Å². The molecule has 0 aliphatic rings. The molecule has 29 heavy (non-hydrogen) atoms. The maximum absolute atomic E-state index is 13.0. The van der Waals surface area contributed by atoms with Crippen LogP contribution in [0.5, 0.6) is 5.75 Å². The SMILES string of the molecule is N#CC(=Cc1ccccc1OCc1ccccc1)S(=O)(=O)c1cc(Cl)ccc1Cl. The van der Waals surface area contributed by atoms with Gasteiger partial charge < -0.3 is 4.74 Å². The molecule has 0 saturated carbocycles. The van der Waals surface area contributed by atoms with Crippen LogP contribution in [-0.2, 0) is 16.4 Å². The highest BCUT2D eigenvalue weighted by atomic mass is 35.5. The van der Waals surface area contributed by atoms with Crippen LogP contribution in [0.2, 0.25) is 10.0 Å². The van der Waals surface area contributed by atoms with Gasteiger partial charge in [0.25, 0.3) is 0 Å². The molecule has 0 unspecified atom stereocenters. The van der Waals surface area contributed by atoms with Crippen LogP contribution >= 0.6 is 23.2 Å². The molecule has 0 N–H and O–H groups in total. The smallest absolute Gasteiger partial charge is 0.218 e. The van der Waals surface area contributed by atoms with Crippen molar-refractivity contribution in [3.05, 3.63) is 98.9 Å². The lowest BCUT2D eigenvalue weighted by Crippen LogP contribution is -2.05. The predicted octanol–water partition coefficient (Wildman–Crippen LogP) is 5.91. The first-order valence-electron chi connectivity index (χ1n) is 8.49. The zero-order chi connectivity index (χ0) is 20.9. The van der Waals surface area contributed by atoms with Crippen LogP contribution in [0, 0.1) is 11.3 Å². The lowest BCUT2D eigenvalue weighted by molar-refractivity contribution is 0.305. The first kappa shape index (κ1) is 20.9. The number of benzene rings is 3. The van der Waals surface area contributed by atoms with Gasteiger partial charge in [0.2, 0.25) is 9.84 Å². The lowest BCUT2D eigenvalue weighted by Gasteiger charge is -2.10. The molecule has 0 spiro atoms.